The topological polar surface area (TPSA) is 159 Å². The van der Waals surface area contributed by atoms with Crippen LogP contribution >= 0.6 is 0 Å². The van der Waals surface area contributed by atoms with Crippen LogP contribution in [0.1, 0.15) is 34.8 Å². The van der Waals surface area contributed by atoms with Crippen molar-refractivity contribution in [2.45, 2.75) is 31.0 Å². The van der Waals surface area contributed by atoms with E-state index in [9.17, 15) is 10.3 Å². The molecule has 242 valence electrons. The molecule has 47 heavy (non-hydrogen) atoms. The number of ether oxygens (including phenoxy) is 4. The van der Waals surface area contributed by atoms with Crippen LogP contribution in [-0.2, 0) is 22.5 Å². The minimum absolute atomic E-state index is 0.0366. The van der Waals surface area contributed by atoms with E-state index in [1.807, 2.05) is 42.5 Å². The Kier molecular flexibility index (Phi) is 10.9. The van der Waals surface area contributed by atoms with E-state index in [2.05, 4.69) is 20.9 Å². The van der Waals surface area contributed by atoms with E-state index < -0.39 is 17.6 Å². The first-order valence-corrected chi connectivity index (χ1v) is 15.0. The summed E-state index contributed by atoms with van der Waals surface area (Å²) in [7, 11) is 3.12. The van der Waals surface area contributed by atoms with Gasteiger partial charge in [0, 0.05) is 53.3 Å². The van der Waals surface area contributed by atoms with Crippen molar-refractivity contribution in [3.8, 4) is 17.2 Å². The number of rotatable bonds is 15. The fourth-order valence-electron chi connectivity index (χ4n) is 5.44. The molecule has 1 amide bonds. The molecular weight excluding hydrogens is 600 g/mol. The molecule has 0 aromatic heterocycles. The SMILES string of the molecule is COc1cccc(CNNC(=O)[C@@]2(Cc3ccccc3)N=C(c3ccc(OCCCO)cc3)O[C@H]2c2ccccc2N=[N+]=[N-])c1OC. The predicted octanol–water partition coefficient (Wildman–Crippen LogP) is 5.73. The first-order chi connectivity index (χ1) is 23.0. The third-order valence-corrected chi connectivity index (χ3v) is 7.68. The van der Waals surface area contributed by atoms with Crippen LogP contribution in [0, 0.1) is 0 Å². The van der Waals surface area contributed by atoms with Crippen molar-refractivity contribution in [2.24, 2.45) is 10.1 Å². The third-order valence-electron chi connectivity index (χ3n) is 7.68. The average molecular weight is 637 g/mol. The summed E-state index contributed by atoms with van der Waals surface area (Å²) in [5.74, 6) is 1.52. The smallest absolute Gasteiger partial charge is 0.266 e. The van der Waals surface area contributed by atoms with Crippen molar-refractivity contribution in [1.29, 1.82) is 0 Å². The number of para-hydroxylation sites is 1. The van der Waals surface area contributed by atoms with E-state index in [1.165, 1.54) is 0 Å². The zero-order valence-electron chi connectivity index (χ0n) is 26.1. The van der Waals surface area contributed by atoms with Gasteiger partial charge in [-0.2, -0.15) is 0 Å². The van der Waals surface area contributed by atoms with Gasteiger partial charge in [-0.15, -0.1) is 0 Å². The Labute approximate surface area is 272 Å². The fraction of sp³-hybridized carbons (Fsp3) is 0.257. The quantitative estimate of drug-likeness (QED) is 0.0494. The summed E-state index contributed by atoms with van der Waals surface area (Å²) in [5.41, 5.74) is 16.8. The van der Waals surface area contributed by atoms with Gasteiger partial charge in [0.15, 0.2) is 23.1 Å². The Morgan fingerprint density at radius 2 is 1.77 bits per heavy atom. The monoisotopic (exact) mass is 636 g/mol. The summed E-state index contributed by atoms with van der Waals surface area (Å²) < 4.78 is 23.2. The lowest BCUT2D eigenvalue weighted by atomic mass is 9.81. The maximum atomic E-state index is 14.5. The van der Waals surface area contributed by atoms with Crippen LogP contribution in [0.5, 0.6) is 17.2 Å². The van der Waals surface area contributed by atoms with E-state index in [-0.39, 0.29) is 25.5 Å². The van der Waals surface area contributed by atoms with Gasteiger partial charge in [0.2, 0.25) is 5.90 Å². The van der Waals surface area contributed by atoms with Crippen molar-refractivity contribution in [1.82, 2.24) is 10.9 Å². The van der Waals surface area contributed by atoms with Crippen molar-refractivity contribution < 1.29 is 28.8 Å². The van der Waals surface area contributed by atoms with Gasteiger partial charge in [0.25, 0.3) is 5.91 Å². The molecule has 2 atom stereocenters. The van der Waals surface area contributed by atoms with Crippen molar-refractivity contribution in [2.75, 3.05) is 27.4 Å². The van der Waals surface area contributed by atoms with Crippen LogP contribution in [0.2, 0.25) is 0 Å². The largest absolute Gasteiger partial charge is 0.494 e. The van der Waals surface area contributed by atoms with Crippen molar-refractivity contribution in [3.63, 3.8) is 0 Å². The summed E-state index contributed by atoms with van der Waals surface area (Å²) in [6.45, 7) is 0.637. The number of hydrogen-bond acceptors (Lipinski definition) is 9. The minimum Gasteiger partial charge on any atom is -0.494 e. The molecule has 12 heteroatoms. The van der Waals surface area contributed by atoms with E-state index in [4.69, 9.17) is 29.0 Å². The highest BCUT2D eigenvalue weighted by Gasteiger charge is 2.54. The molecule has 0 saturated heterocycles. The van der Waals surface area contributed by atoms with Crippen LogP contribution < -0.4 is 25.1 Å². The summed E-state index contributed by atoms with van der Waals surface area (Å²) >= 11 is 0. The molecule has 1 heterocycles. The standard InChI is InChI=1S/C35H36N6O6/c1-44-30-15-8-12-26(31(30)45-2)23-37-40-34(43)35(22-24-10-4-3-5-11-24)32(28-13-6-7-14-29(28)39-41-36)47-33(38-35)25-16-18-27(19-17-25)46-21-9-20-42/h3-8,10-19,32,37,42H,9,20-23H2,1-2H3,(H,40,43)/t32-,35-/m0/s1. The summed E-state index contributed by atoms with van der Waals surface area (Å²) in [6, 6.07) is 29.2. The molecule has 4 aromatic rings. The lowest BCUT2D eigenvalue weighted by molar-refractivity contribution is -0.130. The van der Waals surface area contributed by atoms with Gasteiger partial charge in [0.1, 0.15) is 5.75 Å². The van der Waals surface area contributed by atoms with Crippen molar-refractivity contribution in [3.05, 3.63) is 130 Å². The van der Waals surface area contributed by atoms with Crippen LogP contribution in [-0.4, -0.2) is 49.9 Å². The number of carbonyl (C=O) groups excluding carboxylic acids is 1. The molecule has 0 saturated carbocycles. The maximum absolute atomic E-state index is 14.5. The van der Waals surface area contributed by atoms with Gasteiger partial charge in [0.05, 0.1) is 20.8 Å². The van der Waals surface area contributed by atoms with Gasteiger partial charge in [-0.1, -0.05) is 71.8 Å². The number of carbonyl (C=O) groups is 1. The van der Waals surface area contributed by atoms with E-state index >= 15 is 0 Å². The summed E-state index contributed by atoms with van der Waals surface area (Å²) in [4.78, 5) is 22.5. The molecule has 4 aromatic carbocycles. The maximum Gasteiger partial charge on any atom is 0.266 e. The molecule has 3 N–H and O–H groups in total. The summed E-state index contributed by atoms with van der Waals surface area (Å²) in [6.07, 6.45) is -0.280. The lowest BCUT2D eigenvalue weighted by Crippen LogP contribution is -2.53. The van der Waals surface area contributed by atoms with Crippen LogP contribution in [0.25, 0.3) is 10.4 Å². The highest BCUT2D eigenvalue weighted by atomic mass is 16.5. The van der Waals surface area contributed by atoms with Crippen LogP contribution in [0.15, 0.2) is 107 Å². The van der Waals surface area contributed by atoms with E-state index in [0.29, 0.717) is 47.1 Å². The molecule has 5 rings (SSSR count). The molecule has 1 aliphatic rings. The van der Waals surface area contributed by atoms with Gasteiger partial charge in [-0.05, 0) is 41.4 Å². The molecule has 0 bridgehead atoms. The number of hydrogen-bond donors (Lipinski definition) is 3. The molecule has 0 fully saturated rings. The van der Waals surface area contributed by atoms with E-state index in [1.54, 1.807) is 68.8 Å². The molecular formula is C35H36N6O6. The normalized spacial score (nSPS) is 16.7. The number of aliphatic hydroxyl groups is 1. The highest BCUT2D eigenvalue weighted by Crippen LogP contribution is 2.45. The number of hydrazine groups is 1. The van der Waals surface area contributed by atoms with Gasteiger partial charge >= 0.3 is 0 Å². The number of amides is 1. The Morgan fingerprint density at radius 3 is 2.49 bits per heavy atom. The average Bonchev–Trinajstić information content (AvgIpc) is 3.49. The second-order valence-electron chi connectivity index (χ2n) is 10.7. The summed E-state index contributed by atoms with van der Waals surface area (Å²) in [5, 5.41) is 13.0. The second kappa shape index (κ2) is 15.6. The zero-order valence-corrected chi connectivity index (χ0v) is 26.1. The molecule has 1 aliphatic heterocycles. The molecule has 0 unspecified atom stereocenters. The van der Waals surface area contributed by atoms with Crippen LogP contribution in [0.4, 0.5) is 5.69 Å². The Hall–Kier alpha value is -5.55. The number of methoxy groups -OCH3 is 2. The number of benzene rings is 4. The van der Waals surface area contributed by atoms with Crippen molar-refractivity contribution >= 4 is 17.5 Å². The highest BCUT2D eigenvalue weighted by molar-refractivity contribution is 6.01. The lowest BCUT2D eigenvalue weighted by Gasteiger charge is -2.31. The number of aliphatic hydroxyl groups excluding tert-OH is 1. The number of aliphatic imine (C=N–C) groups is 1. The van der Waals surface area contributed by atoms with Gasteiger partial charge in [-0.3, -0.25) is 10.2 Å². The molecule has 0 aliphatic carbocycles. The first-order valence-electron chi connectivity index (χ1n) is 15.0. The second-order valence-corrected chi connectivity index (χ2v) is 10.7. The number of nitrogens with one attached hydrogen (secondary N) is 2. The Balaban J connectivity index is 1.55. The third kappa shape index (κ3) is 7.47. The van der Waals surface area contributed by atoms with E-state index in [0.717, 1.165) is 11.1 Å². The first kappa shape index (κ1) is 32.8. The van der Waals surface area contributed by atoms with Gasteiger partial charge in [-0.25, -0.2) is 10.4 Å². The molecule has 0 radical (unpaired) electrons. The Bertz CT molecular complexity index is 1740. The number of nitrogens with zero attached hydrogens (tertiary/aromatic N) is 4. The number of azide groups is 1. The van der Waals surface area contributed by atoms with Gasteiger partial charge < -0.3 is 24.1 Å². The molecule has 0 spiro atoms. The molecule has 12 nitrogen and oxygen atoms in total. The predicted molar refractivity (Wildman–Crippen MR) is 177 cm³/mol. The fourth-order valence-corrected chi connectivity index (χ4v) is 5.44. The minimum atomic E-state index is -1.53. The Morgan fingerprint density at radius 1 is 1.00 bits per heavy atom. The zero-order chi connectivity index (χ0) is 33.1. The van der Waals surface area contributed by atoms with Crippen LogP contribution in [0.3, 0.4) is 0 Å².